The molecular weight excluding hydrogens is 246 g/mol. The number of carbonyl (C=O) groups excluding carboxylic acids is 1. The number of aromatic nitrogens is 2. The van der Waals surface area contributed by atoms with Crippen molar-refractivity contribution >= 4 is 17.6 Å². The number of hydrogen-bond acceptors (Lipinski definition) is 3. The molecule has 3 rings (SSSR count). The van der Waals surface area contributed by atoms with E-state index in [-0.39, 0.29) is 5.41 Å². The monoisotopic (exact) mass is 263 g/mol. The van der Waals surface area contributed by atoms with Crippen molar-refractivity contribution in [1.82, 2.24) is 9.78 Å². The topological polar surface area (TPSA) is 84.2 Å². The molecule has 2 aliphatic carbocycles. The molecule has 0 saturated heterocycles. The van der Waals surface area contributed by atoms with Gasteiger partial charge >= 0.3 is 5.97 Å². The number of amides is 1. The first-order valence-corrected chi connectivity index (χ1v) is 6.49. The van der Waals surface area contributed by atoms with Gasteiger partial charge in [0.2, 0.25) is 5.91 Å². The highest BCUT2D eigenvalue weighted by molar-refractivity contribution is 6.09. The molecule has 6 heteroatoms. The maximum absolute atomic E-state index is 12.3. The third-order valence-electron chi connectivity index (χ3n) is 4.57. The van der Waals surface area contributed by atoms with E-state index in [9.17, 15) is 14.7 Å². The van der Waals surface area contributed by atoms with Crippen LogP contribution in [0.4, 0.5) is 5.69 Å². The molecule has 1 heterocycles. The number of hydrogen-bond donors (Lipinski definition) is 2. The van der Waals surface area contributed by atoms with Gasteiger partial charge in [-0.3, -0.25) is 14.3 Å². The van der Waals surface area contributed by atoms with Crippen LogP contribution in [0.2, 0.25) is 0 Å². The second-order valence-corrected chi connectivity index (χ2v) is 5.95. The number of nitrogens with zero attached hydrogens (tertiary/aromatic N) is 2. The highest BCUT2D eigenvalue weighted by Gasteiger charge is 2.65. The van der Waals surface area contributed by atoms with E-state index in [0.717, 1.165) is 19.3 Å². The summed E-state index contributed by atoms with van der Waals surface area (Å²) in [6.45, 7) is 0. The van der Waals surface area contributed by atoms with Crippen LogP contribution in [0.3, 0.4) is 0 Å². The Morgan fingerprint density at radius 2 is 2.11 bits per heavy atom. The Balaban J connectivity index is 1.74. The summed E-state index contributed by atoms with van der Waals surface area (Å²) < 4.78 is 1.57. The minimum Gasteiger partial charge on any atom is -0.480 e. The molecule has 1 spiro atoms. The average molecular weight is 263 g/mol. The van der Waals surface area contributed by atoms with E-state index in [4.69, 9.17) is 0 Å². The summed E-state index contributed by atoms with van der Waals surface area (Å²) in [4.78, 5) is 23.8. The maximum atomic E-state index is 12.3. The summed E-state index contributed by atoms with van der Waals surface area (Å²) in [5.41, 5.74) is -0.566. The van der Waals surface area contributed by atoms with E-state index in [2.05, 4.69) is 10.4 Å². The third-order valence-corrected chi connectivity index (χ3v) is 4.57. The van der Waals surface area contributed by atoms with Crippen LogP contribution in [0.1, 0.15) is 32.1 Å². The summed E-state index contributed by atoms with van der Waals surface area (Å²) in [7, 11) is 1.75. The van der Waals surface area contributed by atoms with Crippen LogP contribution in [-0.4, -0.2) is 26.8 Å². The lowest BCUT2D eigenvalue weighted by Gasteiger charge is -2.57. The lowest BCUT2D eigenvalue weighted by molar-refractivity contribution is -0.178. The summed E-state index contributed by atoms with van der Waals surface area (Å²) in [5.74, 6) is -1.42. The molecule has 1 amide bonds. The van der Waals surface area contributed by atoms with Crippen molar-refractivity contribution in [3.63, 3.8) is 0 Å². The van der Waals surface area contributed by atoms with Crippen molar-refractivity contribution in [2.45, 2.75) is 32.1 Å². The van der Waals surface area contributed by atoms with Crippen LogP contribution < -0.4 is 5.32 Å². The van der Waals surface area contributed by atoms with Crippen LogP contribution in [0.15, 0.2) is 12.4 Å². The molecule has 19 heavy (non-hydrogen) atoms. The van der Waals surface area contributed by atoms with Crippen LogP contribution in [0.5, 0.6) is 0 Å². The minimum absolute atomic E-state index is 0.130. The van der Waals surface area contributed by atoms with Gasteiger partial charge in [-0.1, -0.05) is 6.42 Å². The van der Waals surface area contributed by atoms with Crippen LogP contribution >= 0.6 is 0 Å². The van der Waals surface area contributed by atoms with E-state index in [1.807, 2.05) is 0 Å². The van der Waals surface area contributed by atoms with Crippen LogP contribution in [-0.2, 0) is 16.6 Å². The first kappa shape index (κ1) is 12.2. The maximum Gasteiger partial charge on any atom is 0.319 e. The number of carboxylic acid groups (broad SMARTS) is 1. The predicted molar refractivity (Wildman–Crippen MR) is 67.4 cm³/mol. The summed E-state index contributed by atoms with van der Waals surface area (Å²) in [5, 5.41) is 16.0. The minimum atomic E-state index is -1.24. The largest absolute Gasteiger partial charge is 0.480 e. The fraction of sp³-hybridized carbons (Fsp3) is 0.615. The van der Waals surface area contributed by atoms with Gasteiger partial charge in [0.25, 0.3) is 0 Å². The lowest BCUT2D eigenvalue weighted by atomic mass is 9.45. The van der Waals surface area contributed by atoms with E-state index in [1.54, 1.807) is 17.9 Å². The van der Waals surface area contributed by atoms with E-state index in [1.165, 1.54) is 6.20 Å². The second kappa shape index (κ2) is 3.82. The normalized spacial score (nSPS) is 22.4. The number of aliphatic carboxylic acids is 1. The average Bonchev–Trinajstić information content (AvgIpc) is 2.59. The molecule has 1 aromatic heterocycles. The van der Waals surface area contributed by atoms with Gasteiger partial charge in [-0.15, -0.1) is 0 Å². The molecule has 0 radical (unpaired) electrons. The molecule has 2 N–H and O–H groups in total. The van der Waals surface area contributed by atoms with Crippen molar-refractivity contribution in [2.75, 3.05) is 5.32 Å². The fourth-order valence-electron chi connectivity index (χ4n) is 3.40. The van der Waals surface area contributed by atoms with Crippen molar-refractivity contribution in [2.24, 2.45) is 17.9 Å². The molecule has 6 nitrogen and oxygen atoms in total. The molecule has 0 unspecified atom stereocenters. The molecule has 2 aliphatic rings. The van der Waals surface area contributed by atoms with Gasteiger partial charge in [-0.05, 0) is 31.1 Å². The molecular formula is C13H17N3O3. The van der Waals surface area contributed by atoms with Crippen molar-refractivity contribution in [1.29, 1.82) is 0 Å². The van der Waals surface area contributed by atoms with Gasteiger partial charge in [-0.25, -0.2) is 0 Å². The third kappa shape index (κ3) is 1.74. The zero-order valence-electron chi connectivity index (χ0n) is 10.8. The zero-order chi connectivity index (χ0) is 13.7. The van der Waals surface area contributed by atoms with E-state index in [0.29, 0.717) is 18.5 Å². The van der Waals surface area contributed by atoms with Crippen molar-refractivity contribution < 1.29 is 14.7 Å². The quantitative estimate of drug-likeness (QED) is 0.807. The van der Waals surface area contributed by atoms with Gasteiger partial charge in [-0.2, -0.15) is 5.10 Å². The van der Waals surface area contributed by atoms with Crippen molar-refractivity contribution in [3.05, 3.63) is 12.4 Å². The molecule has 0 bridgehead atoms. The standard InChI is InChI=1S/C13H17N3O3/c1-16-6-9(5-14-16)15-10(17)13(11(18)19)7-12(8-13)3-2-4-12/h5-6H,2-4,7-8H2,1H3,(H,15,17)(H,18,19). The lowest BCUT2D eigenvalue weighted by Crippen LogP contribution is -2.59. The highest BCUT2D eigenvalue weighted by Crippen LogP contribution is 2.64. The summed E-state index contributed by atoms with van der Waals surface area (Å²) >= 11 is 0. The number of rotatable bonds is 3. The molecule has 102 valence electrons. The smallest absolute Gasteiger partial charge is 0.319 e. The molecule has 0 aromatic carbocycles. The van der Waals surface area contributed by atoms with Gasteiger partial charge in [0.1, 0.15) is 5.41 Å². The number of carboxylic acids is 1. The fourth-order valence-corrected chi connectivity index (χ4v) is 3.40. The van der Waals surface area contributed by atoms with Gasteiger partial charge in [0, 0.05) is 13.2 Å². The first-order chi connectivity index (χ1) is 8.96. The van der Waals surface area contributed by atoms with Gasteiger partial charge < -0.3 is 10.4 Å². The highest BCUT2D eigenvalue weighted by atomic mass is 16.4. The van der Waals surface area contributed by atoms with Crippen LogP contribution in [0, 0.1) is 10.8 Å². The Bertz CT molecular complexity index is 537. The Morgan fingerprint density at radius 1 is 1.42 bits per heavy atom. The molecule has 0 atom stereocenters. The van der Waals surface area contributed by atoms with E-state index < -0.39 is 17.3 Å². The Kier molecular flexibility index (Phi) is 2.45. The SMILES string of the molecule is Cn1cc(NC(=O)C2(C(=O)O)CC3(CCC3)C2)cn1. The van der Waals surface area contributed by atoms with Gasteiger partial charge in [0.05, 0.1) is 11.9 Å². The number of carbonyl (C=O) groups is 2. The van der Waals surface area contributed by atoms with Gasteiger partial charge in [0.15, 0.2) is 0 Å². The van der Waals surface area contributed by atoms with Crippen LogP contribution in [0.25, 0.3) is 0 Å². The summed E-state index contributed by atoms with van der Waals surface area (Å²) in [6, 6.07) is 0. The second-order valence-electron chi connectivity index (χ2n) is 5.95. The molecule has 0 aliphatic heterocycles. The Hall–Kier alpha value is -1.85. The molecule has 2 fully saturated rings. The summed E-state index contributed by atoms with van der Waals surface area (Å²) in [6.07, 6.45) is 7.39. The molecule has 2 saturated carbocycles. The first-order valence-electron chi connectivity index (χ1n) is 6.49. The molecule has 1 aromatic rings. The number of nitrogens with one attached hydrogen (secondary N) is 1. The Labute approximate surface area is 110 Å². The Morgan fingerprint density at radius 3 is 2.53 bits per heavy atom. The van der Waals surface area contributed by atoms with Crippen molar-refractivity contribution in [3.8, 4) is 0 Å². The number of anilines is 1. The van der Waals surface area contributed by atoms with E-state index >= 15 is 0 Å². The number of aryl methyl sites for hydroxylation is 1. The zero-order valence-corrected chi connectivity index (χ0v) is 10.8. The predicted octanol–water partition coefficient (Wildman–Crippen LogP) is 1.39.